The van der Waals surface area contributed by atoms with Gasteiger partial charge in [-0.15, -0.1) is 10.2 Å². The van der Waals surface area contributed by atoms with E-state index in [0.29, 0.717) is 25.5 Å². The maximum absolute atomic E-state index is 13.3. The number of nitrogens with zero attached hydrogens (tertiary/aromatic N) is 4. The Labute approximate surface area is 158 Å². The predicted molar refractivity (Wildman–Crippen MR) is 97.7 cm³/mol. The lowest BCUT2D eigenvalue weighted by atomic mass is 9.74. The fourth-order valence-corrected chi connectivity index (χ4v) is 4.81. The van der Waals surface area contributed by atoms with Crippen LogP contribution < -0.4 is 4.74 Å². The number of carbonyl (C=O) groups excluding carboxylic acids is 1. The zero-order valence-corrected chi connectivity index (χ0v) is 15.3. The molecule has 142 valence electrons. The van der Waals surface area contributed by atoms with Gasteiger partial charge in [-0.1, -0.05) is 24.6 Å². The number of benzene rings is 1. The van der Waals surface area contributed by atoms with Crippen LogP contribution in [0.15, 0.2) is 24.3 Å². The molecule has 3 aliphatic rings. The topological polar surface area (TPSA) is 80.5 Å². The average Bonchev–Trinajstić information content (AvgIpc) is 3.22. The predicted octanol–water partition coefficient (Wildman–Crippen LogP) is 1.62. The van der Waals surface area contributed by atoms with Crippen LogP contribution in [-0.4, -0.2) is 57.0 Å². The lowest BCUT2D eigenvalue weighted by Gasteiger charge is -2.37. The number of para-hydroxylation sites is 1. The third-order valence-corrected chi connectivity index (χ3v) is 6.36. The van der Waals surface area contributed by atoms with E-state index < -0.39 is 5.41 Å². The Morgan fingerprint density at radius 2 is 2.15 bits per heavy atom. The maximum atomic E-state index is 13.3. The van der Waals surface area contributed by atoms with Gasteiger partial charge in [-0.2, -0.15) is 0 Å². The van der Waals surface area contributed by atoms with E-state index >= 15 is 0 Å². The minimum atomic E-state index is -0.453. The lowest BCUT2D eigenvalue weighted by molar-refractivity contribution is 0.0437. The zero-order chi connectivity index (χ0) is 18.4. The molecular formula is C20H24N4O3. The number of ether oxygens (including phenoxy) is 1. The van der Waals surface area contributed by atoms with Crippen LogP contribution in [0.2, 0.25) is 0 Å². The number of likely N-dealkylation sites (tertiary alicyclic amines) is 1. The van der Waals surface area contributed by atoms with Crippen molar-refractivity contribution in [2.24, 2.45) is 5.41 Å². The van der Waals surface area contributed by atoms with Gasteiger partial charge >= 0.3 is 0 Å². The Morgan fingerprint density at radius 1 is 1.26 bits per heavy atom. The standard InChI is InChI=1S/C20H24N4O3/c25-12-20-11-23(10-15(20)14-6-3-4-7-16(14)27-13-20)19(26)18-22-21-17-8-2-1-5-9-24(17)18/h3-4,6-7,15,25H,1-2,5,8-13H2/t15-,20-/m1/s1. The van der Waals surface area contributed by atoms with Gasteiger partial charge in [0.25, 0.3) is 5.91 Å². The molecule has 3 aliphatic heterocycles. The van der Waals surface area contributed by atoms with Gasteiger partial charge in [-0.25, -0.2) is 0 Å². The van der Waals surface area contributed by atoms with Gasteiger partial charge in [-0.3, -0.25) is 4.79 Å². The molecule has 5 rings (SSSR count). The van der Waals surface area contributed by atoms with Crippen molar-refractivity contribution in [2.75, 3.05) is 26.3 Å². The summed E-state index contributed by atoms with van der Waals surface area (Å²) in [4.78, 5) is 15.1. The summed E-state index contributed by atoms with van der Waals surface area (Å²) in [7, 11) is 0. The number of carbonyl (C=O) groups is 1. The number of aliphatic hydroxyl groups excluding tert-OH is 1. The summed E-state index contributed by atoms with van der Waals surface area (Å²) >= 11 is 0. The highest BCUT2D eigenvalue weighted by atomic mass is 16.5. The van der Waals surface area contributed by atoms with Gasteiger partial charge in [0.1, 0.15) is 11.6 Å². The molecular weight excluding hydrogens is 344 g/mol. The molecule has 7 nitrogen and oxygen atoms in total. The third kappa shape index (κ3) is 2.56. The van der Waals surface area contributed by atoms with Crippen molar-refractivity contribution in [1.29, 1.82) is 0 Å². The van der Waals surface area contributed by atoms with Crippen LogP contribution in [0, 0.1) is 5.41 Å². The molecule has 4 heterocycles. The molecule has 1 saturated heterocycles. The summed E-state index contributed by atoms with van der Waals surface area (Å²) in [6.07, 6.45) is 4.19. The summed E-state index contributed by atoms with van der Waals surface area (Å²) in [5.74, 6) is 2.20. The van der Waals surface area contributed by atoms with Crippen LogP contribution in [0.3, 0.4) is 0 Å². The molecule has 1 aromatic carbocycles. The fraction of sp³-hybridized carbons (Fsp3) is 0.550. The van der Waals surface area contributed by atoms with Crippen LogP contribution in [0.1, 0.15) is 47.2 Å². The van der Waals surface area contributed by atoms with Gasteiger partial charge < -0.3 is 19.3 Å². The molecule has 1 fully saturated rings. The number of hydrogen-bond donors (Lipinski definition) is 1. The number of amides is 1. The van der Waals surface area contributed by atoms with E-state index in [2.05, 4.69) is 10.2 Å². The Hall–Kier alpha value is -2.41. The molecule has 2 atom stereocenters. The Morgan fingerprint density at radius 3 is 3.04 bits per heavy atom. The van der Waals surface area contributed by atoms with Gasteiger partial charge in [-0.05, 0) is 24.5 Å². The highest BCUT2D eigenvalue weighted by Gasteiger charge is 2.52. The highest BCUT2D eigenvalue weighted by Crippen LogP contribution is 2.49. The second-order valence-electron chi connectivity index (χ2n) is 7.99. The first-order valence-electron chi connectivity index (χ1n) is 9.76. The smallest absolute Gasteiger partial charge is 0.291 e. The summed E-state index contributed by atoms with van der Waals surface area (Å²) in [6, 6.07) is 7.94. The normalized spacial score (nSPS) is 26.6. The SMILES string of the molecule is O=C(c1nnc2n1CCCCC2)N1C[C@@H]2c3ccccc3OC[C@]2(CO)C1. The third-order valence-electron chi connectivity index (χ3n) is 6.36. The summed E-state index contributed by atoms with van der Waals surface area (Å²) in [6.45, 7) is 2.27. The van der Waals surface area contributed by atoms with Crippen molar-refractivity contribution >= 4 is 5.91 Å². The van der Waals surface area contributed by atoms with E-state index in [1.165, 1.54) is 0 Å². The number of aliphatic hydroxyl groups is 1. The van der Waals surface area contributed by atoms with Crippen molar-refractivity contribution in [1.82, 2.24) is 19.7 Å². The minimum Gasteiger partial charge on any atom is -0.493 e. The van der Waals surface area contributed by atoms with Gasteiger partial charge in [0.2, 0.25) is 5.82 Å². The monoisotopic (exact) mass is 368 g/mol. The Kier molecular flexibility index (Phi) is 3.93. The van der Waals surface area contributed by atoms with Gasteiger partial charge in [0.15, 0.2) is 0 Å². The Bertz CT molecular complexity index is 880. The van der Waals surface area contributed by atoms with Crippen LogP contribution in [-0.2, 0) is 13.0 Å². The molecule has 0 spiro atoms. The maximum Gasteiger partial charge on any atom is 0.291 e. The van der Waals surface area contributed by atoms with Crippen molar-refractivity contribution in [3.63, 3.8) is 0 Å². The van der Waals surface area contributed by atoms with Crippen LogP contribution in [0.25, 0.3) is 0 Å². The zero-order valence-electron chi connectivity index (χ0n) is 15.3. The molecule has 27 heavy (non-hydrogen) atoms. The average molecular weight is 368 g/mol. The number of rotatable bonds is 2. The minimum absolute atomic E-state index is 0.00623. The number of hydrogen-bond acceptors (Lipinski definition) is 5. The molecule has 0 unspecified atom stereocenters. The molecule has 0 aliphatic carbocycles. The number of aryl methyl sites for hydroxylation is 1. The summed E-state index contributed by atoms with van der Waals surface area (Å²) < 4.78 is 7.92. The van der Waals surface area contributed by atoms with Crippen LogP contribution >= 0.6 is 0 Å². The molecule has 1 N–H and O–H groups in total. The molecule has 7 heteroatoms. The van der Waals surface area contributed by atoms with E-state index in [-0.39, 0.29) is 18.4 Å². The molecule has 0 saturated carbocycles. The summed E-state index contributed by atoms with van der Waals surface area (Å²) in [5.41, 5.74) is 0.624. The van der Waals surface area contributed by atoms with Crippen LogP contribution in [0.5, 0.6) is 5.75 Å². The first-order valence-corrected chi connectivity index (χ1v) is 9.76. The molecule has 2 aromatic rings. The van der Waals surface area contributed by atoms with E-state index in [1.54, 1.807) is 0 Å². The molecule has 1 aromatic heterocycles. The number of aromatic nitrogens is 3. The van der Waals surface area contributed by atoms with E-state index in [0.717, 1.165) is 49.4 Å². The molecule has 0 bridgehead atoms. The number of fused-ring (bicyclic) bond motifs is 4. The molecule has 1 amide bonds. The fourth-order valence-electron chi connectivity index (χ4n) is 4.81. The second kappa shape index (κ2) is 6.34. The van der Waals surface area contributed by atoms with Crippen molar-refractivity contribution in [2.45, 2.75) is 38.1 Å². The van der Waals surface area contributed by atoms with Crippen molar-refractivity contribution < 1.29 is 14.6 Å². The highest BCUT2D eigenvalue weighted by molar-refractivity contribution is 5.91. The van der Waals surface area contributed by atoms with Crippen molar-refractivity contribution in [3.8, 4) is 5.75 Å². The van der Waals surface area contributed by atoms with Gasteiger partial charge in [0.05, 0.1) is 18.6 Å². The van der Waals surface area contributed by atoms with Gasteiger partial charge in [0, 0.05) is 32.0 Å². The Balaban J connectivity index is 1.46. The lowest BCUT2D eigenvalue weighted by Crippen LogP contribution is -2.42. The molecule has 0 radical (unpaired) electrons. The van der Waals surface area contributed by atoms with E-state index in [9.17, 15) is 9.90 Å². The first-order chi connectivity index (χ1) is 13.2. The summed E-state index contributed by atoms with van der Waals surface area (Å²) in [5, 5.41) is 18.7. The largest absolute Gasteiger partial charge is 0.493 e. The van der Waals surface area contributed by atoms with Crippen molar-refractivity contribution in [3.05, 3.63) is 41.5 Å². The second-order valence-corrected chi connectivity index (χ2v) is 7.99. The van der Waals surface area contributed by atoms with E-state index in [1.807, 2.05) is 33.7 Å². The van der Waals surface area contributed by atoms with E-state index in [4.69, 9.17) is 4.74 Å². The quantitative estimate of drug-likeness (QED) is 0.871. The van der Waals surface area contributed by atoms with Crippen LogP contribution in [0.4, 0.5) is 0 Å². The first kappa shape index (κ1) is 16.7.